The number of rotatable bonds is 5. The van der Waals surface area contributed by atoms with E-state index in [9.17, 15) is 18.0 Å². The molecule has 1 N–H and O–H groups in total. The van der Waals surface area contributed by atoms with Gasteiger partial charge in [0.05, 0.1) is 11.1 Å². The van der Waals surface area contributed by atoms with Crippen LogP contribution in [0.2, 0.25) is 10.2 Å². The van der Waals surface area contributed by atoms with Gasteiger partial charge in [0.25, 0.3) is 0 Å². The van der Waals surface area contributed by atoms with Crippen LogP contribution in [0.15, 0.2) is 60.8 Å². The Kier molecular flexibility index (Phi) is 7.71. The number of benzene rings is 2. The molecule has 1 aliphatic heterocycles. The zero-order valence-electron chi connectivity index (χ0n) is 21.0. The van der Waals surface area contributed by atoms with Crippen LogP contribution in [0.1, 0.15) is 33.5 Å². The van der Waals surface area contributed by atoms with Crippen molar-refractivity contribution in [2.24, 2.45) is 0 Å². The molecule has 5 nitrogen and oxygen atoms in total. The molecule has 0 fully saturated rings. The molecule has 0 atom stereocenters. The number of carbonyl (C=O) groups excluding carboxylic acids is 1. The number of hydrogen-bond acceptors (Lipinski definition) is 3. The molecule has 39 heavy (non-hydrogen) atoms. The van der Waals surface area contributed by atoms with E-state index in [4.69, 9.17) is 23.2 Å². The van der Waals surface area contributed by atoms with Crippen LogP contribution in [0.4, 0.5) is 18.0 Å². The Morgan fingerprint density at radius 3 is 2.62 bits per heavy atom. The maximum Gasteiger partial charge on any atom is 0.416 e. The van der Waals surface area contributed by atoms with Gasteiger partial charge in [0.1, 0.15) is 5.15 Å². The van der Waals surface area contributed by atoms with Crippen LogP contribution in [0.3, 0.4) is 0 Å². The number of aromatic nitrogens is 2. The number of aryl methyl sites for hydroxylation is 1. The van der Waals surface area contributed by atoms with Gasteiger partial charge in [0, 0.05) is 54.9 Å². The van der Waals surface area contributed by atoms with E-state index in [-0.39, 0.29) is 17.6 Å². The first-order chi connectivity index (χ1) is 18.6. The van der Waals surface area contributed by atoms with Crippen LogP contribution in [0.25, 0.3) is 17.0 Å². The molecule has 0 spiro atoms. The Balaban J connectivity index is 1.46. The van der Waals surface area contributed by atoms with E-state index in [1.807, 2.05) is 36.4 Å². The number of fused-ring (bicyclic) bond motifs is 3. The maximum absolute atomic E-state index is 13.8. The van der Waals surface area contributed by atoms with Crippen LogP contribution in [-0.4, -0.2) is 33.6 Å². The highest BCUT2D eigenvalue weighted by Gasteiger charge is 2.35. The minimum Gasteiger partial charge on any atom is -0.333 e. The number of nitrogens with one attached hydrogen (secondary N) is 1. The standard InChI is InChI=1S/C29H25Cl2F3N4O/c1-18-13-22-23-17-37(11-2-3-19-4-6-21(30)7-5-19)12-9-25(23)38(26(22)15-24(18)29(32,33)34)28(39)36-16-20-8-10-35-27(31)14-20/h2-8,10,13-15H,9,11-12,16-17H2,1H3,(H,36,39)/b3-2+. The van der Waals surface area contributed by atoms with Crippen molar-refractivity contribution >= 4 is 46.2 Å². The van der Waals surface area contributed by atoms with Crippen LogP contribution >= 0.6 is 23.2 Å². The van der Waals surface area contributed by atoms with E-state index in [1.165, 1.54) is 17.7 Å². The number of carbonyl (C=O) groups is 1. The first kappa shape index (κ1) is 27.2. The third-order valence-electron chi connectivity index (χ3n) is 6.86. The molecule has 0 saturated heterocycles. The Bertz CT molecular complexity index is 1560. The molecule has 1 amide bonds. The van der Waals surface area contributed by atoms with Crippen molar-refractivity contribution in [2.45, 2.75) is 32.6 Å². The number of alkyl halides is 3. The summed E-state index contributed by atoms with van der Waals surface area (Å²) >= 11 is 11.9. The number of nitrogens with zero attached hydrogens (tertiary/aromatic N) is 3. The SMILES string of the molecule is Cc1cc2c3c(n(C(=O)NCc4ccnc(Cl)c4)c2cc1C(F)(F)F)CCN(C/C=C/c1ccc(Cl)cc1)C3. The molecule has 5 rings (SSSR count). The van der Waals surface area contributed by atoms with Gasteiger partial charge in [-0.3, -0.25) is 9.47 Å². The Morgan fingerprint density at radius 2 is 1.90 bits per heavy atom. The van der Waals surface area contributed by atoms with Crippen molar-refractivity contribution in [1.82, 2.24) is 19.8 Å². The lowest BCUT2D eigenvalue weighted by Gasteiger charge is -2.27. The Hall–Kier alpha value is -3.33. The number of hydrogen-bond donors (Lipinski definition) is 1. The van der Waals surface area contributed by atoms with E-state index >= 15 is 0 Å². The predicted molar refractivity (Wildman–Crippen MR) is 148 cm³/mol. The first-order valence-electron chi connectivity index (χ1n) is 12.4. The second-order valence-electron chi connectivity index (χ2n) is 9.53. The lowest BCUT2D eigenvalue weighted by molar-refractivity contribution is -0.137. The molecule has 4 aromatic rings. The van der Waals surface area contributed by atoms with Gasteiger partial charge < -0.3 is 5.32 Å². The zero-order chi connectivity index (χ0) is 27.7. The topological polar surface area (TPSA) is 50.2 Å². The Labute approximate surface area is 233 Å². The summed E-state index contributed by atoms with van der Waals surface area (Å²) in [6.07, 6.45) is 1.58. The van der Waals surface area contributed by atoms with Crippen LogP contribution in [-0.2, 0) is 25.7 Å². The van der Waals surface area contributed by atoms with Crippen LogP contribution in [0.5, 0.6) is 0 Å². The van der Waals surface area contributed by atoms with Gasteiger partial charge >= 0.3 is 12.2 Å². The molecule has 0 unspecified atom stereocenters. The maximum atomic E-state index is 13.8. The molecule has 0 aliphatic carbocycles. The third-order valence-corrected chi connectivity index (χ3v) is 7.32. The Morgan fingerprint density at radius 1 is 1.13 bits per heavy atom. The second kappa shape index (κ2) is 11.0. The molecule has 202 valence electrons. The normalized spacial score (nSPS) is 14.2. The molecule has 3 heterocycles. The van der Waals surface area contributed by atoms with Crippen molar-refractivity contribution in [3.05, 3.63) is 104 Å². The lowest BCUT2D eigenvalue weighted by Crippen LogP contribution is -2.34. The monoisotopic (exact) mass is 572 g/mol. The fraction of sp³-hybridized carbons (Fsp3) is 0.241. The summed E-state index contributed by atoms with van der Waals surface area (Å²) < 4.78 is 42.8. The van der Waals surface area contributed by atoms with E-state index in [0.29, 0.717) is 41.6 Å². The van der Waals surface area contributed by atoms with E-state index in [0.717, 1.165) is 28.5 Å². The molecule has 2 aromatic carbocycles. The van der Waals surface area contributed by atoms with E-state index in [2.05, 4.69) is 15.2 Å². The summed E-state index contributed by atoms with van der Waals surface area (Å²) in [4.78, 5) is 19.6. The zero-order valence-corrected chi connectivity index (χ0v) is 22.5. The molecular weight excluding hydrogens is 548 g/mol. The molecular formula is C29H25Cl2F3N4O. The molecule has 0 bridgehead atoms. The molecule has 10 heteroatoms. The second-order valence-corrected chi connectivity index (χ2v) is 10.4. The van der Waals surface area contributed by atoms with Crippen LogP contribution < -0.4 is 5.32 Å². The largest absolute Gasteiger partial charge is 0.416 e. The van der Waals surface area contributed by atoms with Gasteiger partial charge in [0.2, 0.25) is 0 Å². The highest BCUT2D eigenvalue weighted by molar-refractivity contribution is 6.30. The molecule has 1 aliphatic rings. The minimum absolute atomic E-state index is 0.126. The minimum atomic E-state index is -4.53. The van der Waals surface area contributed by atoms with Crippen molar-refractivity contribution in [3.63, 3.8) is 0 Å². The number of pyridine rings is 1. The summed E-state index contributed by atoms with van der Waals surface area (Å²) in [5.41, 5.74) is 2.99. The first-order valence-corrected chi connectivity index (χ1v) is 13.1. The van der Waals surface area contributed by atoms with Crippen molar-refractivity contribution in [1.29, 1.82) is 0 Å². The smallest absolute Gasteiger partial charge is 0.333 e. The third kappa shape index (κ3) is 5.98. The summed E-state index contributed by atoms with van der Waals surface area (Å²) in [6.45, 7) is 3.45. The number of halogens is 5. The molecule has 0 saturated carbocycles. The van der Waals surface area contributed by atoms with Gasteiger partial charge in [0.15, 0.2) is 0 Å². The van der Waals surface area contributed by atoms with Gasteiger partial charge in [-0.2, -0.15) is 13.2 Å². The lowest BCUT2D eigenvalue weighted by atomic mass is 10.0. The van der Waals surface area contributed by atoms with Crippen LogP contribution in [0, 0.1) is 6.92 Å². The summed E-state index contributed by atoms with van der Waals surface area (Å²) in [6, 6.07) is 13.0. The van der Waals surface area contributed by atoms with E-state index < -0.39 is 17.8 Å². The quantitative estimate of drug-likeness (QED) is 0.252. The summed E-state index contributed by atoms with van der Waals surface area (Å²) in [5.74, 6) is 0. The fourth-order valence-electron chi connectivity index (χ4n) is 4.98. The predicted octanol–water partition coefficient (Wildman–Crippen LogP) is 7.50. The number of amides is 1. The van der Waals surface area contributed by atoms with Crippen molar-refractivity contribution < 1.29 is 18.0 Å². The highest BCUT2D eigenvalue weighted by atomic mass is 35.5. The summed E-state index contributed by atoms with van der Waals surface area (Å²) in [5, 5.41) is 4.45. The van der Waals surface area contributed by atoms with Crippen molar-refractivity contribution in [3.8, 4) is 0 Å². The average Bonchev–Trinajstić information content (AvgIpc) is 3.20. The van der Waals surface area contributed by atoms with Gasteiger partial charge in [-0.05, 0) is 65.6 Å². The highest BCUT2D eigenvalue weighted by Crippen LogP contribution is 2.38. The van der Waals surface area contributed by atoms with Gasteiger partial charge in [-0.15, -0.1) is 0 Å². The molecule has 0 radical (unpaired) electrons. The average molecular weight is 573 g/mol. The van der Waals surface area contributed by atoms with E-state index in [1.54, 1.807) is 18.2 Å². The van der Waals surface area contributed by atoms with Gasteiger partial charge in [-0.25, -0.2) is 9.78 Å². The summed E-state index contributed by atoms with van der Waals surface area (Å²) in [7, 11) is 0. The fourth-order valence-corrected chi connectivity index (χ4v) is 5.30. The molecule has 2 aromatic heterocycles. The van der Waals surface area contributed by atoms with Crippen molar-refractivity contribution in [2.75, 3.05) is 13.1 Å². The van der Waals surface area contributed by atoms with Gasteiger partial charge in [-0.1, -0.05) is 47.5 Å².